The van der Waals surface area contributed by atoms with Gasteiger partial charge < -0.3 is 9.84 Å². The molecule has 0 aromatic carbocycles. The van der Waals surface area contributed by atoms with Crippen LogP contribution in [0.15, 0.2) is 34.9 Å². The molecule has 0 saturated carbocycles. The molecular weight excluding hydrogens is 228 g/mol. The number of aliphatic hydroxyl groups is 1. The highest BCUT2D eigenvalue weighted by Crippen LogP contribution is 2.31. The Bertz CT molecular complexity index is 443. The molecule has 1 N–H and O–H groups in total. The fraction of sp³-hybridized carbons (Fsp3) is 0.533. The molecule has 0 fully saturated rings. The molecule has 2 aliphatic rings. The van der Waals surface area contributed by atoms with Gasteiger partial charge in [0.2, 0.25) is 5.79 Å². The van der Waals surface area contributed by atoms with E-state index < -0.39 is 5.79 Å². The lowest BCUT2D eigenvalue weighted by atomic mass is 10.00. The second kappa shape index (κ2) is 5.11. The highest BCUT2D eigenvalue weighted by atomic mass is 16.7. The molecular formula is C15H20O3. The average Bonchev–Trinajstić information content (AvgIpc) is 2.52. The maximum atomic E-state index is 11.7. The summed E-state index contributed by atoms with van der Waals surface area (Å²) in [6.07, 6.45) is 9.68. The Hall–Kier alpha value is -1.35. The lowest BCUT2D eigenvalue weighted by molar-refractivity contribution is -0.177. The van der Waals surface area contributed by atoms with Crippen molar-refractivity contribution in [1.82, 2.24) is 0 Å². The molecule has 2 bridgehead atoms. The van der Waals surface area contributed by atoms with Crippen molar-refractivity contribution in [3.63, 3.8) is 0 Å². The molecule has 3 heteroatoms. The van der Waals surface area contributed by atoms with Crippen LogP contribution in [0.25, 0.3) is 0 Å². The van der Waals surface area contributed by atoms with Gasteiger partial charge in [-0.2, -0.15) is 0 Å². The minimum Gasteiger partial charge on any atom is -0.426 e. The first-order valence-electron chi connectivity index (χ1n) is 6.47. The van der Waals surface area contributed by atoms with Gasteiger partial charge in [0.1, 0.15) is 0 Å². The number of hydrogen-bond donors (Lipinski definition) is 1. The monoisotopic (exact) mass is 248 g/mol. The zero-order valence-electron chi connectivity index (χ0n) is 11.0. The molecule has 18 heavy (non-hydrogen) atoms. The lowest BCUT2D eigenvalue weighted by Gasteiger charge is -2.19. The molecule has 0 saturated heterocycles. The van der Waals surface area contributed by atoms with Crippen molar-refractivity contribution in [3.05, 3.63) is 34.9 Å². The standard InChI is InChI=1S/C15H20O3/c1-11-5-3-7-12(2)9-15(17)10-13(8-4-6-11)14(16)18-15/h6-7,10,17H,3-5,8-9H2,1-2H3/b11-6+,12-7+. The summed E-state index contributed by atoms with van der Waals surface area (Å²) in [5.41, 5.74) is 2.99. The fourth-order valence-electron chi connectivity index (χ4n) is 2.44. The van der Waals surface area contributed by atoms with Crippen molar-refractivity contribution < 1.29 is 14.6 Å². The normalized spacial score (nSPS) is 35.3. The number of hydrogen-bond acceptors (Lipinski definition) is 3. The number of rotatable bonds is 0. The predicted octanol–water partition coefficient (Wildman–Crippen LogP) is 3.01. The van der Waals surface area contributed by atoms with E-state index in [-0.39, 0.29) is 5.97 Å². The second-order valence-corrected chi connectivity index (χ2v) is 5.26. The molecule has 1 heterocycles. The van der Waals surface area contributed by atoms with Gasteiger partial charge in [0, 0.05) is 12.0 Å². The summed E-state index contributed by atoms with van der Waals surface area (Å²) in [5, 5.41) is 10.2. The van der Waals surface area contributed by atoms with Crippen molar-refractivity contribution in [2.75, 3.05) is 0 Å². The van der Waals surface area contributed by atoms with Gasteiger partial charge in [0.25, 0.3) is 0 Å². The smallest absolute Gasteiger partial charge is 0.336 e. The van der Waals surface area contributed by atoms with Crippen LogP contribution in [-0.4, -0.2) is 16.9 Å². The van der Waals surface area contributed by atoms with Gasteiger partial charge in [-0.3, -0.25) is 0 Å². The van der Waals surface area contributed by atoms with Crippen molar-refractivity contribution >= 4 is 5.97 Å². The Labute approximate surface area is 108 Å². The van der Waals surface area contributed by atoms with E-state index in [1.54, 1.807) is 6.08 Å². The molecule has 1 aliphatic carbocycles. The molecule has 98 valence electrons. The van der Waals surface area contributed by atoms with Gasteiger partial charge in [-0.05, 0) is 45.6 Å². The van der Waals surface area contributed by atoms with Crippen LogP contribution in [0, 0.1) is 0 Å². The highest BCUT2D eigenvalue weighted by Gasteiger charge is 2.37. The quantitative estimate of drug-likeness (QED) is 0.529. The molecule has 1 aliphatic heterocycles. The van der Waals surface area contributed by atoms with Crippen molar-refractivity contribution in [3.8, 4) is 0 Å². The Balaban J connectivity index is 2.24. The van der Waals surface area contributed by atoms with Crippen LogP contribution in [0.3, 0.4) is 0 Å². The molecule has 3 nitrogen and oxygen atoms in total. The van der Waals surface area contributed by atoms with E-state index in [9.17, 15) is 9.90 Å². The minimum absolute atomic E-state index is 0.366. The van der Waals surface area contributed by atoms with Gasteiger partial charge >= 0.3 is 5.97 Å². The largest absolute Gasteiger partial charge is 0.426 e. The third-order valence-electron chi connectivity index (χ3n) is 3.40. The van der Waals surface area contributed by atoms with E-state index >= 15 is 0 Å². The Morgan fingerprint density at radius 3 is 2.61 bits per heavy atom. The predicted molar refractivity (Wildman–Crippen MR) is 69.7 cm³/mol. The summed E-state index contributed by atoms with van der Waals surface area (Å²) < 4.78 is 5.09. The highest BCUT2D eigenvalue weighted by molar-refractivity contribution is 5.91. The van der Waals surface area contributed by atoms with Crippen LogP contribution in [0.5, 0.6) is 0 Å². The number of carbonyl (C=O) groups is 1. The van der Waals surface area contributed by atoms with Crippen molar-refractivity contribution in [2.45, 2.75) is 51.7 Å². The van der Waals surface area contributed by atoms with E-state index in [1.807, 2.05) is 6.92 Å². The van der Waals surface area contributed by atoms with Crippen molar-refractivity contribution in [2.24, 2.45) is 0 Å². The average molecular weight is 248 g/mol. The van der Waals surface area contributed by atoms with Crippen LogP contribution in [-0.2, 0) is 9.53 Å². The number of allylic oxidation sites excluding steroid dienone is 3. The van der Waals surface area contributed by atoms with Crippen LogP contribution in [0.4, 0.5) is 0 Å². The Morgan fingerprint density at radius 2 is 1.83 bits per heavy atom. The fourth-order valence-corrected chi connectivity index (χ4v) is 2.44. The van der Waals surface area contributed by atoms with E-state index in [1.165, 1.54) is 5.57 Å². The van der Waals surface area contributed by atoms with Gasteiger partial charge in [-0.1, -0.05) is 23.3 Å². The summed E-state index contributed by atoms with van der Waals surface area (Å²) >= 11 is 0. The first-order chi connectivity index (χ1) is 8.48. The topological polar surface area (TPSA) is 46.5 Å². The molecule has 1 atom stereocenters. The lowest BCUT2D eigenvalue weighted by Crippen LogP contribution is -2.27. The zero-order valence-corrected chi connectivity index (χ0v) is 11.0. The van der Waals surface area contributed by atoms with E-state index in [0.29, 0.717) is 18.4 Å². The van der Waals surface area contributed by atoms with Crippen LogP contribution < -0.4 is 0 Å². The van der Waals surface area contributed by atoms with Gasteiger partial charge in [-0.15, -0.1) is 0 Å². The maximum absolute atomic E-state index is 11.7. The second-order valence-electron chi connectivity index (χ2n) is 5.26. The zero-order chi connectivity index (χ0) is 13.2. The summed E-state index contributed by atoms with van der Waals surface area (Å²) in [7, 11) is 0. The SMILES string of the molecule is C/C1=C\CCC2=CC(O)(C/C(C)=C/CC1)OC2=O. The number of esters is 1. The summed E-state index contributed by atoms with van der Waals surface area (Å²) in [4.78, 5) is 11.7. The third kappa shape index (κ3) is 3.10. The van der Waals surface area contributed by atoms with Crippen LogP contribution in [0.2, 0.25) is 0 Å². The summed E-state index contributed by atoms with van der Waals surface area (Å²) in [6.45, 7) is 4.08. The summed E-state index contributed by atoms with van der Waals surface area (Å²) in [6, 6.07) is 0. The third-order valence-corrected chi connectivity index (χ3v) is 3.40. The Morgan fingerprint density at radius 1 is 1.17 bits per heavy atom. The van der Waals surface area contributed by atoms with Gasteiger partial charge in [0.05, 0.1) is 0 Å². The van der Waals surface area contributed by atoms with E-state index in [4.69, 9.17) is 4.74 Å². The van der Waals surface area contributed by atoms with Gasteiger partial charge in [-0.25, -0.2) is 4.79 Å². The molecule has 1 unspecified atom stereocenters. The van der Waals surface area contributed by atoms with Crippen LogP contribution in [0.1, 0.15) is 46.0 Å². The molecule has 0 amide bonds. The maximum Gasteiger partial charge on any atom is 0.336 e. The molecule has 2 rings (SSSR count). The van der Waals surface area contributed by atoms with Crippen LogP contribution >= 0.6 is 0 Å². The molecule has 0 radical (unpaired) electrons. The van der Waals surface area contributed by atoms with E-state index in [0.717, 1.165) is 24.8 Å². The minimum atomic E-state index is -1.43. The molecule has 0 aromatic heterocycles. The number of carbonyl (C=O) groups excluding carboxylic acids is 1. The number of fused-ring (bicyclic) bond motifs is 1. The molecule has 0 spiro atoms. The van der Waals surface area contributed by atoms with Gasteiger partial charge in [0.15, 0.2) is 0 Å². The summed E-state index contributed by atoms with van der Waals surface area (Å²) in [5.74, 6) is -1.80. The number of ether oxygens (including phenoxy) is 1. The first kappa shape index (κ1) is 13.1. The van der Waals surface area contributed by atoms with E-state index in [2.05, 4.69) is 19.1 Å². The molecule has 0 aromatic rings. The first-order valence-corrected chi connectivity index (χ1v) is 6.47. The Kier molecular flexibility index (Phi) is 3.71. The van der Waals surface area contributed by atoms with Crippen molar-refractivity contribution in [1.29, 1.82) is 0 Å².